The fourth-order valence-corrected chi connectivity index (χ4v) is 6.92. The standard InChI is InChI=1S/C42H39O3P/c1-31(34-19-7-4-8-20-34)37-25-13-16-28-40(37)43-46(44-41-29-17-14-26-38(41)32(2)35-21-9-5-10-22-35)45-42-30-18-15-27-39(42)33(3)36-23-11-6-12-24-36/h4-33H,1-3H3. The molecule has 3 nitrogen and oxygen atoms in total. The van der Waals surface area contributed by atoms with Gasteiger partial charge in [-0.2, -0.15) is 0 Å². The van der Waals surface area contributed by atoms with Gasteiger partial charge in [-0.1, -0.05) is 166 Å². The smallest absolute Gasteiger partial charge is 0.408 e. The third kappa shape index (κ3) is 7.33. The first-order chi connectivity index (χ1) is 22.6. The normalized spacial score (nSPS) is 13.6. The Morgan fingerprint density at radius 3 is 0.848 bits per heavy atom. The predicted octanol–water partition coefficient (Wildman–Crippen LogP) is 11.9. The monoisotopic (exact) mass is 622 g/mol. The highest BCUT2D eigenvalue weighted by Crippen LogP contribution is 2.48. The van der Waals surface area contributed by atoms with E-state index in [2.05, 4.69) is 130 Å². The SMILES string of the molecule is CC(c1ccccc1)c1ccccc1OP(Oc1ccccc1C(C)c1ccccc1)Oc1ccccc1C(C)c1ccccc1. The van der Waals surface area contributed by atoms with Crippen LogP contribution in [0.3, 0.4) is 0 Å². The largest absolute Gasteiger partial charge is 0.530 e. The van der Waals surface area contributed by atoms with Gasteiger partial charge in [-0.05, 0) is 34.9 Å². The molecule has 0 aliphatic carbocycles. The molecule has 3 unspecified atom stereocenters. The minimum absolute atomic E-state index is 0.116. The van der Waals surface area contributed by atoms with Crippen molar-refractivity contribution in [1.82, 2.24) is 0 Å². The maximum absolute atomic E-state index is 6.80. The van der Waals surface area contributed by atoms with E-state index < -0.39 is 8.60 Å². The number of hydrogen-bond acceptors (Lipinski definition) is 3. The van der Waals surface area contributed by atoms with Crippen LogP contribution >= 0.6 is 8.60 Å². The van der Waals surface area contributed by atoms with Gasteiger partial charge in [0.1, 0.15) is 17.2 Å². The van der Waals surface area contributed by atoms with Crippen molar-refractivity contribution >= 4 is 8.60 Å². The van der Waals surface area contributed by atoms with Gasteiger partial charge in [0.15, 0.2) is 0 Å². The molecule has 4 heteroatoms. The van der Waals surface area contributed by atoms with Crippen molar-refractivity contribution in [3.63, 3.8) is 0 Å². The molecule has 230 valence electrons. The topological polar surface area (TPSA) is 27.7 Å². The molecule has 0 amide bonds. The zero-order chi connectivity index (χ0) is 31.7. The highest BCUT2D eigenvalue weighted by Gasteiger charge is 2.27. The second-order valence-electron chi connectivity index (χ2n) is 11.5. The van der Waals surface area contributed by atoms with Crippen LogP contribution in [0.4, 0.5) is 0 Å². The number of rotatable bonds is 12. The van der Waals surface area contributed by atoms with Gasteiger partial charge in [-0.3, -0.25) is 0 Å². The van der Waals surface area contributed by atoms with Crippen LogP contribution in [0.1, 0.15) is 71.9 Å². The van der Waals surface area contributed by atoms with E-state index in [9.17, 15) is 0 Å². The van der Waals surface area contributed by atoms with Crippen LogP contribution in [0.5, 0.6) is 17.2 Å². The Hall–Kier alpha value is -4.85. The third-order valence-corrected chi connectivity index (χ3v) is 9.61. The summed E-state index contributed by atoms with van der Waals surface area (Å²) in [5.74, 6) is 2.58. The lowest BCUT2D eigenvalue weighted by atomic mass is 9.93. The van der Waals surface area contributed by atoms with Crippen molar-refractivity contribution in [3.05, 3.63) is 197 Å². The molecule has 6 aromatic carbocycles. The average molecular weight is 623 g/mol. The van der Waals surface area contributed by atoms with E-state index in [0.717, 1.165) is 33.9 Å². The van der Waals surface area contributed by atoms with Crippen molar-refractivity contribution in [3.8, 4) is 17.2 Å². The molecule has 0 spiro atoms. The Labute approximate surface area is 274 Å². The summed E-state index contributed by atoms with van der Waals surface area (Å²) in [5, 5.41) is 0. The molecule has 6 aromatic rings. The van der Waals surface area contributed by atoms with Crippen molar-refractivity contribution < 1.29 is 13.6 Å². The van der Waals surface area contributed by atoms with E-state index in [0.29, 0.717) is 0 Å². The van der Waals surface area contributed by atoms with Gasteiger partial charge in [-0.25, -0.2) is 0 Å². The Balaban J connectivity index is 1.37. The van der Waals surface area contributed by atoms with Crippen molar-refractivity contribution in [2.24, 2.45) is 0 Å². The lowest BCUT2D eigenvalue weighted by molar-refractivity contribution is 0.382. The van der Waals surface area contributed by atoms with Crippen LogP contribution < -0.4 is 13.6 Å². The molecule has 0 aromatic heterocycles. The Bertz CT molecular complexity index is 1610. The predicted molar refractivity (Wildman–Crippen MR) is 190 cm³/mol. The van der Waals surface area contributed by atoms with Gasteiger partial charge in [0.05, 0.1) is 0 Å². The molecule has 0 radical (unpaired) electrons. The third-order valence-electron chi connectivity index (χ3n) is 8.57. The fraction of sp³-hybridized carbons (Fsp3) is 0.143. The quantitative estimate of drug-likeness (QED) is 0.127. The van der Waals surface area contributed by atoms with Gasteiger partial charge >= 0.3 is 8.60 Å². The van der Waals surface area contributed by atoms with E-state index in [4.69, 9.17) is 13.6 Å². The first-order valence-electron chi connectivity index (χ1n) is 15.8. The van der Waals surface area contributed by atoms with Crippen LogP contribution in [0, 0.1) is 0 Å². The molecule has 46 heavy (non-hydrogen) atoms. The van der Waals surface area contributed by atoms with Gasteiger partial charge in [-0.15, -0.1) is 0 Å². The zero-order valence-electron chi connectivity index (χ0n) is 26.5. The summed E-state index contributed by atoms with van der Waals surface area (Å²) in [6.07, 6.45) is 0. The summed E-state index contributed by atoms with van der Waals surface area (Å²) in [7, 11) is -1.92. The highest BCUT2D eigenvalue weighted by atomic mass is 31.2. The van der Waals surface area contributed by atoms with Gasteiger partial charge in [0, 0.05) is 34.4 Å². The van der Waals surface area contributed by atoms with Crippen LogP contribution in [0.15, 0.2) is 164 Å². The van der Waals surface area contributed by atoms with Crippen molar-refractivity contribution in [1.29, 1.82) is 0 Å². The molecule has 0 fully saturated rings. The summed E-state index contributed by atoms with van der Waals surface area (Å²) < 4.78 is 20.4. The summed E-state index contributed by atoms with van der Waals surface area (Å²) in [4.78, 5) is 0. The molecule has 0 aliphatic heterocycles. The second-order valence-corrected chi connectivity index (χ2v) is 12.5. The maximum Gasteiger partial charge on any atom is 0.530 e. The van der Waals surface area contributed by atoms with E-state index in [1.165, 1.54) is 16.7 Å². The van der Waals surface area contributed by atoms with E-state index in [1.807, 2.05) is 54.6 Å². The Morgan fingerprint density at radius 2 is 0.565 bits per heavy atom. The lowest BCUT2D eigenvalue weighted by Crippen LogP contribution is -2.09. The average Bonchev–Trinajstić information content (AvgIpc) is 3.12. The lowest BCUT2D eigenvalue weighted by Gasteiger charge is -2.25. The zero-order valence-corrected chi connectivity index (χ0v) is 27.4. The minimum Gasteiger partial charge on any atom is -0.408 e. The maximum atomic E-state index is 6.80. The highest BCUT2D eigenvalue weighted by molar-refractivity contribution is 7.43. The van der Waals surface area contributed by atoms with Crippen LogP contribution in [-0.2, 0) is 0 Å². The molecule has 0 bridgehead atoms. The number of para-hydroxylation sites is 3. The van der Waals surface area contributed by atoms with E-state index in [-0.39, 0.29) is 17.8 Å². The Kier molecular flexibility index (Phi) is 10.1. The van der Waals surface area contributed by atoms with E-state index >= 15 is 0 Å². The number of benzene rings is 6. The molecule has 3 atom stereocenters. The fourth-order valence-electron chi connectivity index (χ4n) is 5.82. The van der Waals surface area contributed by atoms with Gasteiger partial charge in [0.25, 0.3) is 0 Å². The molecular weight excluding hydrogens is 583 g/mol. The Morgan fingerprint density at radius 1 is 0.326 bits per heavy atom. The molecule has 0 N–H and O–H groups in total. The first kappa shape index (κ1) is 31.1. The van der Waals surface area contributed by atoms with Crippen LogP contribution in [-0.4, -0.2) is 0 Å². The summed E-state index contributed by atoms with van der Waals surface area (Å²) in [6, 6.07) is 56.0. The van der Waals surface area contributed by atoms with Crippen molar-refractivity contribution in [2.75, 3.05) is 0 Å². The van der Waals surface area contributed by atoms with Crippen LogP contribution in [0.25, 0.3) is 0 Å². The van der Waals surface area contributed by atoms with Crippen molar-refractivity contribution in [2.45, 2.75) is 38.5 Å². The molecule has 6 rings (SSSR count). The summed E-state index contributed by atoms with van der Waals surface area (Å²) in [6.45, 7) is 6.61. The molecule has 0 saturated carbocycles. The van der Waals surface area contributed by atoms with Gasteiger partial charge in [0.2, 0.25) is 0 Å². The molecular formula is C42H39O3P. The first-order valence-corrected chi connectivity index (χ1v) is 16.9. The minimum atomic E-state index is -1.92. The molecule has 0 saturated heterocycles. The number of hydrogen-bond donors (Lipinski definition) is 0. The van der Waals surface area contributed by atoms with Gasteiger partial charge < -0.3 is 13.6 Å². The summed E-state index contributed by atoms with van der Waals surface area (Å²) in [5.41, 5.74) is 6.87. The van der Waals surface area contributed by atoms with E-state index in [1.54, 1.807) is 0 Å². The van der Waals surface area contributed by atoms with Crippen LogP contribution in [0.2, 0.25) is 0 Å². The second kappa shape index (κ2) is 15.0. The molecule has 0 heterocycles. The summed E-state index contributed by atoms with van der Waals surface area (Å²) >= 11 is 0. The molecule has 0 aliphatic rings.